The summed E-state index contributed by atoms with van der Waals surface area (Å²) >= 11 is 0. The molecule has 0 spiro atoms. The Labute approximate surface area is 141 Å². The maximum Gasteiger partial charge on any atom is 0.163 e. The summed E-state index contributed by atoms with van der Waals surface area (Å²) in [6, 6.07) is 13.0. The summed E-state index contributed by atoms with van der Waals surface area (Å²) in [6.07, 6.45) is 0. The maximum absolute atomic E-state index is 13.0. The molecular formula is C19H21FN2O2. The molecular weight excluding hydrogens is 306 g/mol. The van der Waals surface area contributed by atoms with Gasteiger partial charge in [-0.2, -0.15) is 0 Å². The van der Waals surface area contributed by atoms with Crippen molar-refractivity contribution in [2.75, 3.05) is 44.3 Å². The first-order valence-corrected chi connectivity index (χ1v) is 8.39. The third-order valence-corrected chi connectivity index (χ3v) is 4.58. The molecule has 0 saturated carbocycles. The number of anilines is 1. The van der Waals surface area contributed by atoms with E-state index in [0.29, 0.717) is 13.2 Å². The van der Waals surface area contributed by atoms with Crippen molar-refractivity contribution in [2.24, 2.45) is 0 Å². The molecule has 0 N–H and O–H groups in total. The van der Waals surface area contributed by atoms with Crippen LogP contribution < -0.4 is 14.4 Å². The topological polar surface area (TPSA) is 24.9 Å². The van der Waals surface area contributed by atoms with Crippen molar-refractivity contribution in [3.05, 3.63) is 53.8 Å². The Hall–Kier alpha value is -2.27. The van der Waals surface area contributed by atoms with Crippen LogP contribution in [0.25, 0.3) is 0 Å². The molecule has 0 bridgehead atoms. The highest BCUT2D eigenvalue weighted by Crippen LogP contribution is 2.34. The first-order valence-electron chi connectivity index (χ1n) is 8.39. The Bertz CT molecular complexity index is 697. The third kappa shape index (κ3) is 3.31. The first-order chi connectivity index (χ1) is 11.8. The van der Waals surface area contributed by atoms with Gasteiger partial charge in [-0.25, -0.2) is 4.39 Å². The van der Waals surface area contributed by atoms with Crippen LogP contribution >= 0.6 is 0 Å². The van der Waals surface area contributed by atoms with Gasteiger partial charge in [-0.3, -0.25) is 4.90 Å². The predicted molar refractivity (Wildman–Crippen MR) is 91.3 cm³/mol. The number of piperazine rings is 1. The van der Waals surface area contributed by atoms with E-state index in [2.05, 4.69) is 21.9 Å². The van der Waals surface area contributed by atoms with E-state index in [1.165, 1.54) is 17.8 Å². The lowest BCUT2D eigenvalue weighted by Gasteiger charge is -2.36. The van der Waals surface area contributed by atoms with E-state index in [0.717, 1.165) is 49.8 Å². The fourth-order valence-electron chi connectivity index (χ4n) is 3.24. The Kier molecular flexibility index (Phi) is 4.26. The Morgan fingerprint density at radius 2 is 1.54 bits per heavy atom. The average Bonchev–Trinajstić information content (AvgIpc) is 2.64. The second kappa shape index (κ2) is 6.69. The molecule has 0 aliphatic carbocycles. The molecule has 2 aromatic rings. The second-order valence-electron chi connectivity index (χ2n) is 6.22. The van der Waals surface area contributed by atoms with Crippen LogP contribution in [0, 0.1) is 5.82 Å². The minimum atomic E-state index is -0.179. The number of nitrogens with zero attached hydrogens (tertiary/aromatic N) is 2. The van der Waals surface area contributed by atoms with E-state index < -0.39 is 0 Å². The standard InChI is InChI=1S/C19H21FN2O2/c20-16-3-1-15(2-4-16)14-21-7-9-22(10-8-21)17-5-6-18-19(13-17)24-12-11-23-18/h1-6,13H,7-12,14H2/i20-1. The van der Waals surface area contributed by atoms with Crippen LogP contribution in [-0.4, -0.2) is 44.3 Å². The lowest BCUT2D eigenvalue weighted by atomic mass is 10.2. The van der Waals surface area contributed by atoms with Gasteiger partial charge in [-0.15, -0.1) is 0 Å². The van der Waals surface area contributed by atoms with Gasteiger partial charge in [0.25, 0.3) is 0 Å². The number of rotatable bonds is 3. The van der Waals surface area contributed by atoms with Crippen molar-refractivity contribution in [3.8, 4) is 11.5 Å². The summed E-state index contributed by atoms with van der Waals surface area (Å²) in [7, 11) is 0. The average molecular weight is 327 g/mol. The molecule has 0 unspecified atom stereocenters. The minimum Gasteiger partial charge on any atom is -0.486 e. The van der Waals surface area contributed by atoms with Gasteiger partial charge in [0.1, 0.15) is 19.0 Å². The third-order valence-electron chi connectivity index (χ3n) is 4.58. The molecule has 0 amide bonds. The van der Waals surface area contributed by atoms with E-state index >= 15 is 0 Å². The summed E-state index contributed by atoms with van der Waals surface area (Å²) in [5, 5.41) is 0. The lowest BCUT2D eigenvalue weighted by Crippen LogP contribution is -2.46. The van der Waals surface area contributed by atoms with Gasteiger partial charge >= 0.3 is 0 Å². The van der Waals surface area contributed by atoms with Crippen LogP contribution in [0.3, 0.4) is 0 Å². The van der Waals surface area contributed by atoms with Crippen LogP contribution in [0.1, 0.15) is 5.56 Å². The van der Waals surface area contributed by atoms with Crippen molar-refractivity contribution >= 4 is 5.69 Å². The quantitative estimate of drug-likeness (QED) is 0.865. The molecule has 126 valence electrons. The van der Waals surface area contributed by atoms with Crippen LogP contribution in [0.4, 0.5) is 10.1 Å². The summed E-state index contributed by atoms with van der Waals surface area (Å²) in [6.45, 7) is 6.03. The number of ether oxygens (including phenoxy) is 2. The molecule has 2 aliphatic rings. The number of fused-ring (bicyclic) bond motifs is 1. The van der Waals surface area contributed by atoms with Crippen molar-refractivity contribution < 1.29 is 13.9 Å². The highest BCUT2D eigenvalue weighted by molar-refractivity contribution is 5.57. The molecule has 0 radical (unpaired) electrons. The first kappa shape index (κ1) is 15.3. The zero-order valence-corrected chi connectivity index (χ0v) is 13.6. The number of hydrogen-bond donors (Lipinski definition) is 0. The minimum absolute atomic E-state index is 0.179. The summed E-state index contributed by atoms with van der Waals surface area (Å²) in [4.78, 5) is 4.78. The Morgan fingerprint density at radius 1 is 0.833 bits per heavy atom. The van der Waals surface area contributed by atoms with Gasteiger partial charge in [-0.1, -0.05) is 12.1 Å². The normalized spacial score (nSPS) is 17.8. The van der Waals surface area contributed by atoms with Gasteiger partial charge in [0, 0.05) is 44.5 Å². The molecule has 1 fully saturated rings. The van der Waals surface area contributed by atoms with Gasteiger partial charge in [0.05, 0.1) is 0 Å². The SMILES string of the molecule is [18F]c1ccc(CN2CCN(c3ccc4c(c3)OCCO4)CC2)cc1. The molecule has 4 rings (SSSR count). The molecule has 24 heavy (non-hydrogen) atoms. The van der Waals surface area contributed by atoms with Crippen LogP contribution in [-0.2, 0) is 6.54 Å². The number of hydrogen-bond acceptors (Lipinski definition) is 4. The second-order valence-corrected chi connectivity index (χ2v) is 6.22. The highest BCUT2D eigenvalue weighted by Gasteiger charge is 2.19. The van der Waals surface area contributed by atoms with Crippen molar-refractivity contribution in [2.45, 2.75) is 6.54 Å². The fraction of sp³-hybridized carbons (Fsp3) is 0.368. The fourth-order valence-corrected chi connectivity index (χ4v) is 3.24. The monoisotopic (exact) mass is 327 g/mol. The van der Waals surface area contributed by atoms with E-state index in [1.807, 2.05) is 18.2 Å². The van der Waals surface area contributed by atoms with Gasteiger partial charge < -0.3 is 14.4 Å². The highest BCUT2D eigenvalue weighted by atomic mass is 18.2. The lowest BCUT2D eigenvalue weighted by molar-refractivity contribution is 0.171. The molecule has 5 heteroatoms. The molecule has 0 atom stereocenters. The summed E-state index contributed by atoms with van der Waals surface area (Å²) in [5.74, 6) is 1.50. The molecule has 2 heterocycles. The summed E-state index contributed by atoms with van der Waals surface area (Å²) < 4.78 is 24.2. The van der Waals surface area contributed by atoms with Crippen molar-refractivity contribution in [1.29, 1.82) is 0 Å². The van der Waals surface area contributed by atoms with Gasteiger partial charge in [-0.05, 0) is 29.8 Å². The smallest absolute Gasteiger partial charge is 0.163 e. The van der Waals surface area contributed by atoms with Crippen LogP contribution in [0.5, 0.6) is 11.5 Å². The van der Waals surface area contributed by atoms with Crippen LogP contribution in [0.15, 0.2) is 42.5 Å². The molecule has 2 aliphatic heterocycles. The van der Waals surface area contributed by atoms with E-state index in [4.69, 9.17) is 9.47 Å². The molecule has 2 aromatic carbocycles. The van der Waals surface area contributed by atoms with E-state index in [9.17, 15) is 4.39 Å². The predicted octanol–water partition coefficient (Wildman–Crippen LogP) is 2.92. The maximum atomic E-state index is 13.0. The summed E-state index contributed by atoms with van der Waals surface area (Å²) in [5.41, 5.74) is 2.34. The molecule has 1 saturated heterocycles. The largest absolute Gasteiger partial charge is 0.486 e. The van der Waals surface area contributed by atoms with E-state index in [1.54, 1.807) is 0 Å². The zero-order chi connectivity index (χ0) is 16.4. The van der Waals surface area contributed by atoms with Crippen molar-refractivity contribution in [1.82, 2.24) is 4.90 Å². The Balaban J connectivity index is 1.36. The van der Waals surface area contributed by atoms with Gasteiger partial charge in [0.15, 0.2) is 11.5 Å². The van der Waals surface area contributed by atoms with E-state index in [-0.39, 0.29) is 5.82 Å². The van der Waals surface area contributed by atoms with Gasteiger partial charge in [0.2, 0.25) is 0 Å². The molecule has 4 nitrogen and oxygen atoms in total. The number of halogens is 1. The Morgan fingerprint density at radius 3 is 2.29 bits per heavy atom. The van der Waals surface area contributed by atoms with Crippen molar-refractivity contribution in [3.63, 3.8) is 0 Å². The van der Waals surface area contributed by atoms with Crippen LogP contribution in [0.2, 0.25) is 0 Å². The molecule has 0 aromatic heterocycles. The number of benzene rings is 2. The zero-order valence-electron chi connectivity index (χ0n) is 13.6.